The maximum absolute atomic E-state index is 12.8. The minimum atomic E-state index is -3.53. The van der Waals surface area contributed by atoms with Crippen LogP contribution in [-0.2, 0) is 19.4 Å². The summed E-state index contributed by atoms with van der Waals surface area (Å²) in [7, 11) is -3.53. The molecule has 3 rings (SSSR count). The molecule has 0 radical (unpaired) electrons. The Hall–Kier alpha value is -2.42. The van der Waals surface area contributed by atoms with E-state index in [1.54, 1.807) is 12.1 Å². The molecule has 9 heteroatoms. The summed E-state index contributed by atoms with van der Waals surface area (Å²) in [6.45, 7) is 1.65. The fraction of sp³-hybridized carbons (Fsp3) is 0.500. The number of imide groups is 1. The Morgan fingerprint density at radius 2 is 1.89 bits per heavy atom. The molecule has 2 fully saturated rings. The zero-order chi connectivity index (χ0) is 19.8. The van der Waals surface area contributed by atoms with Gasteiger partial charge in [0.15, 0.2) is 9.84 Å². The standard InChI is InChI=1S/C18H23N3O5S/c1-12-7-9-18(10-8-12)16(23)21(17(24)20-18)11-15(22)19-13-5-3-4-6-14(13)27(2,25)26/h3-6,12H,7-11H2,1-2H3,(H,19,22)(H,20,24). The topological polar surface area (TPSA) is 113 Å². The minimum Gasteiger partial charge on any atom is -0.323 e. The second-order valence-corrected chi connectivity index (χ2v) is 9.39. The van der Waals surface area contributed by atoms with E-state index in [4.69, 9.17) is 0 Å². The summed E-state index contributed by atoms with van der Waals surface area (Å²) in [5, 5.41) is 5.25. The number of hydrogen-bond acceptors (Lipinski definition) is 5. The predicted octanol–water partition coefficient (Wildman–Crippen LogP) is 1.53. The second kappa shape index (κ2) is 6.95. The Bertz CT molecular complexity index is 888. The number of para-hydroxylation sites is 1. The highest BCUT2D eigenvalue weighted by molar-refractivity contribution is 7.90. The lowest BCUT2D eigenvalue weighted by molar-refractivity contribution is -0.135. The van der Waals surface area contributed by atoms with E-state index in [9.17, 15) is 22.8 Å². The number of carbonyl (C=O) groups excluding carboxylic acids is 3. The molecular weight excluding hydrogens is 370 g/mol. The smallest absolute Gasteiger partial charge is 0.323 e. The molecule has 2 aliphatic rings. The van der Waals surface area contributed by atoms with Crippen LogP contribution in [-0.4, -0.2) is 49.5 Å². The van der Waals surface area contributed by atoms with Gasteiger partial charge >= 0.3 is 6.03 Å². The molecule has 1 aromatic rings. The quantitative estimate of drug-likeness (QED) is 0.753. The fourth-order valence-corrected chi connectivity index (χ4v) is 4.48. The van der Waals surface area contributed by atoms with Crippen molar-refractivity contribution in [2.45, 2.75) is 43.0 Å². The lowest BCUT2D eigenvalue weighted by Crippen LogP contribution is -2.49. The number of urea groups is 1. The van der Waals surface area contributed by atoms with Crippen LogP contribution in [0.2, 0.25) is 0 Å². The number of nitrogens with one attached hydrogen (secondary N) is 2. The van der Waals surface area contributed by atoms with Crippen molar-refractivity contribution in [1.82, 2.24) is 10.2 Å². The Morgan fingerprint density at radius 1 is 1.26 bits per heavy atom. The monoisotopic (exact) mass is 393 g/mol. The van der Waals surface area contributed by atoms with Gasteiger partial charge in [0.25, 0.3) is 5.91 Å². The molecule has 1 spiro atoms. The number of hydrogen-bond donors (Lipinski definition) is 2. The minimum absolute atomic E-state index is 0.0201. The molecular formula is C18H23N3O5S. The van der Waals surface area contributed by atoms with Gasteiger partial charge in [-0.25, -0.2) is 13.2 Å². The number of carbonyl (C=O) groups is 3. The molecule has 146 valence electrons. The van der Waals surface area contributed by atoms with E-state index in [-0.39, 0.29) is 16.5 Å². The van der Waals surface area contributed by atoms with Crippen LogP contribution in [0.5, 0.6) is 0 Å². The lowest BCUT2D eigenvalue weighted by Gasteiger charge is -2.33. The normalized spacial score (nSPS) is 25.6. The summed E-state index contributed by atoms with van der Waals surface area (Å²) >= 11 is 0. The van der Waals surface area contributed by atoms with E-state index in [2.05, 4.69) is 17.6 Å². The summed E-state index contributed by atoms with van der Waals surface area (Å²) in [5.74, 6) is -0.507. The molecule has 1 heterocycles. The summed E-state index contributed by atoms with van der Waals surface area (Å²) in [6, 6.07) is 5.41. The van der Waals surface area contributed by atoms with Crippen molar-refractivity contribution in [3.63, 3.8) is 0 Å². The van der Waals surface area contributed by atoms with Crippen molar-refractivity contribution in [3.05, 3.63) is 24.3 Å². The zero-order valence-corrected chi connectivity index (χ0v) is 16.1. The van der Waals surface area contributed by atoms with Gasteiger partial charge < -0.3 is 10.6 Å². The average molecular weight is 393 g/mol. The van der Waals surface area contributed by atoms with Gasteiger partial charge in [-0.2, -0.15) is 0 Å². The van der Waals surface area contributed by atoms with Crippen molar-refractivity contribution >= 4 is 33.4 Å². The van der Waals surface area contributed by atoms with E-state index in [0.29, 0.717) is 18.8 Å². The molecule has 2 N–H and O–H groups in total. The first-order valence-electron chi connectivity index (χ1n) is 8.85. The van der Waals surface area contributed by atoms with Crippen LogP contribution in [0.15, 0.2) is 29.2 Å². The number of nitrogens with zero attached hydrogens (tertiary/aromatic N) is 1. The summed E-state index contributed by atoms with van der Waals surface area (Å²) < 4.78 is 23.7. The average Bonchev–Trinajstić information content (AvgIpc) is 2.81. The van der Waals surface area contributed by atoms with E-state index >= 15 is 0 Å². The van der Waals surface area contributed by atoms with Crippen LogP contribution in [0.1, 0.15) is 32.6 Å². The molecule has 4 amide bonds. The third kappa shape index (κ3) is 3.83. The number of amides is 4. The van der Waals surface area contributed by atoms with Gasteiger partial charge in [-0.05, 0) is 43.7 Å². The molecule has 1 aromatic carbocycles. The van der Waals surface area contributed by atoms with Gasteiger partial charge in [0, 0.05) is 6.26 Å². The first kappa shape index (κ1) is 19.3. The first-order valence-corrected chi connectivity index (χ1v) is 10.7. The van der Waals surface area contributed by atoms with Crippen LogP contribution >= 0.6 is 0 Å². The van der Waals surface area contributed by atoms with Gasteiger partial charge in [-0.15, -0.1) is 0 Å². The highest BCUT2D eigenvalue weighted by atomic mass is 32.2. The lowest BCUT2D eigenvalue weighted by atomic mass is 9.77. The highest BCUT2D eigenvalue weighted by Crippen LogP contribution is 2.36. The van der Waals surface area contributed by atoms with Crippen molar-refractivity contribution in [2.75, 3.05) is 18.1 Å². The van der Waals surface area contributed by atoms with E-state index in [1.807, 2.05) is 0 Å². The zero-order valence-electron chi connectivity index (χ0n) is 15.3. The number of rotatable bonds is 4. The molecule has 0 bridgehead atoms. The number of anilines is 1. The van der Waals surface area contributed by atoms with Crippen molar-refractivity contribution in [1.29, 1.82) is 0 Å². The summed E-state index contributed by atoms with van der Waals surface area (Å²) in [6.07, 6.45) is 3.85. The van der Waals surface area contributed by atoms with Gasteiger partial charge in [-0.1, -0.05) is 19.1 Å². The van der Waals surface area contributed by atoms with Crippen LogP contribution in [0.3, 0.4) is 0 Å². The first-order chi connectivity index (χ1) is 12.6. The maximum atomic E-state index is 12.8. The van der Waals surface area contributed by atoms with Crippen LogP contribution in [0.4, 0.5) is 10.5 Å². The Kier molecular flexibility index (Phi) is 4.98. The fourth-order valence-electron chi connectivity index (χ4n) is 3.64. The number of benzene rings is 1. The van der Waals surface area contributed by atoms with Crippen LogP contribution in [0, 0.1) is 5.92 Å². The predicted molar refractivity (Wildman–Crippen MR) is 98.8 cm³/mol. The molecule has 1 saturated heterocycles. The molecule has 27 heavy (non-hydrogen) atoms. The maximum Gasteiger partial charge on any atom is 0.325 e. The van der Waals surface area contributed by atoms with E-state index in [1.165, 1.54) is 12.1 Å². The van der Waals surface area contributed by atoms with E-state index in [0.717, 1.165) is 24.0 Å². The molecule has 1 aliphatic heterocycles. The molecule has 1 aliphatic carbocycles. The molecule has 0 aromatic heterocycles. The van der Waals surface area contributed by atoms with Crippen molar-refractivity contribution in [3.8, 4) is 0 Å². The third-order valence-corrected chi connectivity index (χ3v) is 6.39. The summed E-state index contributed by atoms with van der Waals surface area (Å²) in [4.78, 5) is 38.3. The molecule has 0 unspecified atom stereocenters. The highest BCUT2D eigenvalue weighted by Gasteiger charge is 2.52. The van der Waals surface area contributed by atoms with Crippen molar-refractivity contribution < 1.29 is 22.8 Å². The molecule has 0 atom stereocenters. The Morgan fingerprint density at radius 3 is 2.52 bits per heavy atom. The number of sulfone groups is 1. The molecule has 1 saturated carbocycles. The largest absolute Gasteiger partial charge is 0.325 e. The SMILES string of the molecule is CC1CCC2(CC1)NC(=O)N(CC(=O)Nc1ccccc1S(C)(=O)=O)C2=O. The van der Waals surface area contributed by atoms with Crippen LogP contribution in [0.25, 0.3) is 0 Å². The Labute approximate surface area is 158 Å². The van der Waals surface area contributed by atoms with Gasteiger partial charge in [0.1, 0.15) is 12.1 Å². The Balaban J connectivity index is 1.72. The van der Waals surface area contributed by atoms with E-state index < -0.39 is 33.9 Å². The van der Waals surface area contributed by atoms with Gasteiger partial charge in [0.05, 0.1) is 10.6 Å². The van der Waals surface area contributed by atoms with Gasteiger partial charge in [-0.3, -0.25) is 14.5 Å². The summed E-state index contributed by atoms with van der Waals surface area (Å²) in [5.41, 5.74) is -0.785. The van der Waals surface area contributed by atoms with Gasteiger partial charge in [0.2, 0.25) is 5.91 Å². The van der Waals surface area contributed by atoms with Crippen LogP contribution < -0.4 is 10.6 Å². The molecule has 8 nitrogen and oxygen atoms in total. The van der Waals surface area contributed by atoms with Crippen molar-refractivity contribution in [2.24, 2.45) is 5.92 Å². The second-order valence-electron chi connectivity index (χ2n) is 7.40. The third-order valence-electron chi connectivity index (χ3n) is 5.24.